The number of nitrogens with zero attached hydrogens (tertiary/aromatic N) is 2. The topological polar surface area (TPSA) is 60.9 Å². The fraction of sp³-hybridized carbons (Fsp3) is 0.429. The predicted octanol–water partition coefficient (Wildman–Crippen LogP) is 2.02. The first-order chi connectivity index (χ1) is 9.59. The zero-order valence-electron chi connectivity index (χ0n) is 11.2. The van der Waals surface area contributed by atoms with Crippen LogP contribution in [-0.2, 0) is 11.2 Å². The van der Waals surface area contributed by atoms with Crippen molar-refractivity contribution < 1.29 is 14.7 Å². The Morgan fingerprint density at radius 3 is 2.85 bits per heavy atom. The first kappa shape index (κ1) is 13.3. The van der Waals surface area contributed by atoms with Crippen molar-refractivity contribution in [3.05, 3.63) is 29.8 Å². The Kier molecular flexibility index (Phi) is 3.33. The van der Waals surface area contributed by atoms with Gasteiger partial charge in [0.05, 0.1) is 5.88 Å². The highest BCUT2D eigenvalue weighted by Gasteiger charge is 2.40. The molecular formula is C14H16N2O3S. The number of aliphatic carboxylic acids is 1. The maximum absolute atomic E-state index is 12.7. The summed E-state index contributed by atoms with van der Waals surface area (Å²) in [5.41, 5.74) is 2.05. The summed E-state index contributed by atoms with van der Waals surface area (Å²) in [6, 6.07) is 6.98. The highest BCUT2D eigenvalue weighted by atomic mass is 32.2. The van der Waals surface area contributed by atoms with E-state index in [4.69, 9.17) is 0 Å². The standard InChI is InChI=1S/C14H16N2O3S/c1-9-6-10-4-2-3-5-11(10)16(9)14(19)15-8-20-7-12(15)13(17)18/h2-5,9,12H,6-8H2,1H3,(H,17,18)/t9?,12-/m0/s1. The molecule has 2 heterocycles. The molecule has 1 fully saturated rings. The van der Waals surface area contributed by atoms with Crippen LogP contribution in [0.3, 0.4) is 0 Å². The SMILES string of the molecule is CC1Cc2ccccc2N1C(=O)N1CSC[C@H]1C(=O)O. The van der Waals surface area contributed by atoms with Gasteiger partial charge in [-0.25, -0.2) is 9.59 Å². The summed E-state index contributed by atoms with van der Waals surface area (Å²) in [7, 11) is 0. The average molecular weight is 292 g/mol. The van der Waals surface area contributed by atoms with Crippen molar-refractivity contribution in [3.8, 4) is 0 Å². The number of carbonyl (C=O) groups is 2. The summed E-state index contributed by atoms with van der Waals surface area (Å²) in [4.78, 5) is 27.1. The Balaban J connectivity index is 1.89. The molecule has 1 aromatic carbocycles. The van der Waals surface area contributed by atoms with Crippen molar-refractivity contribution in [2.45, 2.75) is 25.4 Å². The van der Waals surface area contributed by atoms with Gasteiger partial charge in [-0.1, -0.05) is 18.2 Å². The summed E-state index contributed by atoms with van der Waals surface area (Å²) in [5.74, 6) is -0.0185. The van der Waals surface area contributed by atoms with Crippen molar-refractivity contribution in [2.75, 3.05) is 16.5 Å². The van der Waals surface area contributed by atoms with Gasteiger partial charge in [-0.05, 0) is 25.0 Å². The number of urea groups is 1. The first-order valence-corrected chi connectivity index (χ1v) is 7.73. The molecular weight excluding hydrogens is 276 g/mol. The molecule has 1 saturated heterocycles. The van der Waals surface area contributed by atoms with Crippen molar-refractivity contribution in [3.63, 3.8) is 0 Å². The Bertz CT molecular complexity index is 563. The van der Waals surface area contributed by atoms with E-state index >= 15 is 0 Å². The highest BCUT2D eigenvalue weighted by Crippen LogP contribution is 2.34. The van der Waals surface area contributed by atoms with E-state index in [9.17, 15) is 14.7 Å². The van der Waals surface area contributed by atoms with Crippen molar-refractivity contribution in [2.24, 2.45) is 0 Å². The zero-order valence-corrected chi connectivity index (χ0v) is 12.0. The molecule has 0 radical (unpaired) electrons. The van der Waals surface area contributed by atoms with E-state index in [0.717, 1.165) is 17.7 Å². The zero-order chi connectivity index (χ0) is 14.3. The molecule has 6 heteroatoms. The molecule has 0 bridgehead atoms. The van der Waals surface area contributed by atoms with Gasteiger partial charge in [0.25, 0.3) is 0 Å². The average Bonchev–Trinajstić information content (AvgIpc) is 3.01. The summed E-state index contributed by atoms with van der Waals surface area (Å²) in [6.45, 7) is 2.00. The van der Waals surface area contributed by atoms with Crippen LogP contribution in [0.25, 0.3) is 0 Å². The molecule has 0 aliphatic carbocycles. The number of fused-ring (bicyclic) bond motifs is 1. The van der Waals surface area contributed by atoms with Crippen LogP contribution < -0.4 is 4.90 Å². The molecule has 0 aromatic heterocycles. The molecule has 0 saturated carbocycles. The molecule has 5 nitrogen and oxygen atoms in total. The smallest absolute Gasteiger partial charge is 0.327 e. The fourth-order valence-corrected chi connectivity index (χ4v) is 3.97. The summed E-state index contributed by atoms with van der Waals surface area (Å²) in [5, 5.41) is 9.21. The number of carboxylic acids is 1. The van der Waals surface area contributed by atoms with Gasteiger partial charge >= 0.3 is 12.0 Å². The molecule has 0 spiro atoms. The van der Waals surface area contributed by atoms with Crippen LogP contribution in [0, 0.1) is 0 Å². The van der Waals surface area contributed by atoms with Crippen LogP contribution in [0.1, 0.15) is 12.5 Å². The monoisotopic (exact) mass is 292 g/mol. The Labute approximate surface area is 121 Å². The van der Waals surface area contributed by atoms with Crippen LogP contribution in [0.4, 0.5) is 10.5 Å². The summed E-state index contributed by atoms with van der Waals surface area (Å²) >= 11 is 1.49. The van der Waals surface area contributed by atoms with Crippen LogP contribution in [-0.4, -0.2) is 45.7 Å². The number of rotatable bonds is 1. The third-order valence-electron chi connectivity index (χ3n) is 3.83. The number of anilines is 1. The summed E-state index contributed by atoms with van der Waals surface area (Å²) in [6.07, 6.45) is 0.820. The van der Waals surface area contributed by atoms with E-state index in [1.54, 1.807) is 4.90 Å². The van der Waals surface area contributed by atoms with E-state index < -0.39 is 12.0 Å². The number of benzene rings is 1. The van der Waals surface area contributed by atoms with E-state index in [1.165, 1.54) is 16.7 Å². The lowest BCUT2D eigenvalue weighted by Gasteiger charge is -2.30. The molecule has 20 heavy (non-hydrogen) atoms. The van der Waals surface area contributed by atoms with Gasteiger partial charge in [0.1, 0.15) is 6.04 Å². The van der Waals surface area contributed by atoms with Crippen LogP contribution in [0.2, 0.25) is 0 Å². The molecule has 1 N–H and O–H groups in total. The van der Waals surface area contributed by atoms with Gasteiger partial charge in [0.15, 0.2) is 0 Å². The lowest BCUT2D eigenvalue weighted by molar-refractivity contribution is -0.140. The van der Waals surface area contributed by atoms with E-state index in [-0.39, 0.29) is 12.1 Å². The van der Waals surface area contributed by atoms with Gasteiger partial charge in [0, 0.05) is 17.5 Å². The minimum absolute atomic E-state index is 0.0694. The molecule has 2 amide bonds. The quantitative estimate of drug-likeness (QED) is 0.860. The van der Waals surface area contributed by atoms with Crippen LogP contribution in [0.5, 0.6) is 0 Å². The number of thioether (sulfide) groups is 1. The maximum atomic E-state index is 12.7. The number of hydrogen-bond donors (Lipinski definition) is 1. The van der Waals surface area contributed by atoms with E-state index in [2.05, 4.69) is 0 Å². The molecule has 106 valence electrons. The molecule has 2 atom stereocenters. The first-order valence-electron chi connectivity index (χ1n) is 6.58. The van der Waals surface area contributed by atoms with E-state index in [1.807, 2.05) is 31.2 Å². The number of carboxylic acid groups (broad SMARTS) is 1. The van der Waals surface area contributed by atoms with Crippen molar-refractivity contribution >= 4 is 29.4 Å². The van der Waals surface area contributed by atoms with Crippen molar-refractivity contribution in [1.82, 2.24) is 4.90 Å². The number of amides is 2. The second kappa shape index (κ2) is 5.01. The molecule has 3 rings (SSSR count). The normalized spacial score (nSPS) is 24.9. The molecule has 2 aliphatic heterocycles. The van der Waals surface area contributed by atoms with Crippen molar-refractivity contribution in [1.29, 1.82) is 0 Å². The molecule has 2 aliphatic rings. The Hall–Kier alpha value is -1.69. The van der Waals surface area contributed by atoms with Crippen LogP contribution >= 0.6 is 11.8 Å². The largest absolute Gasteiger partial charge is 0.480 e. The van der Waals surface area contributed by atoms with Crippen LogP contribution in [0.15, 0.2) is 24.3 Å². The van der Waals surface area contributed by atoms with Gasteiger partial charge < -0.3 is 10.0 Å². The van der Waals surface area contributed by atoms with E-state index in [0.29, 0.717) is 11.6 Å². The Morgan fingerprint density at radius 2 is 2.10 bits per heavy atom. The molecule has 1 aromatic rings. The highest BCUT2D eigenvalue weighted by molar-refractivity contribution is 7.99. The lowest BCUT2D eigenvalue weighted by atomic mass is 10.1. The lowest BCUT2D eigenvalue weighted by Crippen LogP contribution is -2.50. The Morgan fingerprint density at radius 1 is 1.35 bits per heavy atom. The third-order valence-corrected chi connectivity index (χ3v) is 4.84. The van der Waals surface area contributed by atoms with Gasteiger partial charge in [-0.2, -0.15) is 0 Å². The van der Waals surface area contributed by atoms with Gasteiger partial charge in [-0.15, -0.1) is 11.8 Å². The minimum Gasteiger partial charge on any atom is -0.480 e. The van der Waals surface area contributed by atoms with Gasteiger partial charge in [-0.3, -0.25) is 4.90 Å². The maximum Gasteiger partial charge on any atom is 0.327 e. The summed E-state index contributed by atoms with van der Waals surface area (Å²) < 4.78 is 0. The number of carbonyl (C=O) groups excluding carboxylic acids is 1. The second-order valence-electron chi connectivity index (χ2n) is 5.16. The van der Waals surface area contributed by atoms with Gasteiger partial charge in [0.2, 0.25) is 0 Å². The second-order valence-corrected chi connectivity index (χ2v) is 6.16. The fourth-order valence-electron chi connectivity index (χ4n) is 2.83. The predicted molar refractivity (Wildman–Crippen MR) is 78.1 cm³/mol. The minimum atomic E-state index is -0.927. The third kappa shape index (κ3) is 2.04. The number of para-hydroxylation sites is 1. The number of hydrogen-bond acceptors (Lipinski definition) is 3. The molecule has 1 unspecified atom stereocenters.